The summed E-state index contributed by atoms with van der Waals surface area (Å²) in [7, 11) is 1.70. The molecule has 2 aromatic rings. The third-order valence-electron chi connectivity index (χ3n) is 2.99. The van der Waals surface area contributed by atoms with E-state index in [1.807, 2.05) is 0 Å². The van der Waals surface area contributed by atoms with Crippen molar-refractivity contribution in [3.8, 4) is 0 Å². The maximum Gasteiger partial charge on any atom is 0.225 e. The third kappa shape index (κ3) is 3.16. The number of ether oxygens (including phenoxy) is 1. The molecule has 4 nitrogen and oxygen atoms in total. The molecule has 104 valence electrons. The number of aromatic nitrogens is 2. The highest BCUT2D eigenvalue weighted by molar-refractivity contribution is 7.18. The Morgan fingerprint density at radius 1 is 1.37 bits per heavy atom. The minimum Gasteiger partial charge on any atom is -0.383 e. The van der Waals surface area contributed by atoms with Crippen molar-refractivity contribution in [2.75, 3.05) is 31.7 Å². The van der Waals surface area contributed by atoms with Crippen LogP contribution in [0.5, 0.6) is 0 Å². The van der Waals surface area contributed by atoms with E-state index < -0.39 is 0 Å². The molecule has 2 heterocycles. The van der Waals surface area contributed by atoms with Crippen molar-refractivity contribution >= 4 is 39.0 Å². The molecule has 0 radical (unpaired) electrons. The molecule has 0 bridgehead atoms. The SMILES string of the molecule is CCc1cc2c(N(CC)CCOC)nc(Cl)nc2s1. The molecule has 0 aromatic carbocycles. The van der Waals surface area contributed by atoms with Crippen molar-refractivity contribution in [1.29, 1.82) is 0 Å². The number of halogens is 1. The van der Waals surface area contributed by atoms with Crippen LogP contribution >= 0.6 is 22.9 Å². The monoisotopic (exact) mass is 299 g/mol. The molecule has 0 N–H and O–H groups in total. The second-order valence-electron chi connectivity index (χ2n) is 4.17. The first-order chi connectivity index (χ1) is 9.19. The summed E-state index contributed by atoms with van der Waals surface area (Å²) in [6, 6.07) is 2.17. The lowest BCUT2D eigenvalue weighted by Crippen LogP contribution is -2.27. The maximum atomic E-state index is 6.04. The first-order valence-electron chi connectivity index (χ1n) is 6.39. The van der Waals surface area contributed by atoms with Crippen molar-refractivity contribution in [3.05, 3.63) is 16.2 Å². The number of thiophene rings is 1. The molecule has 0 atom stereocenters. The summed E-state index contributed by atoms with van der Waals surface area (Å²) in [6.07, 6.45) is 1.00. The van der Waals surface area contributed by atoms with Crippen LogP contribution in [0, 0.1) is 0 Å². The van der Waals surface area contributed by atoms with E-state index in [0.29, 0.717) is 11.9 Å². The van der Waals surface area contributed by atoms with E-state index in [2.05, 4.69) is 34.8 Å². The Hall–Kier alpha value is -0.910. The first kappa shape index (κ1) is 14.5. The minimum atomic E-state index is 0.308. The number of likely N-dealkylation sites (N-methyl/N-ethyl adjacent to an activating group) is 1. The zero-order valence-electron chi connectivity index (χ0n) is 11.4. The summed E-state index contributed by atoms with van der Waals surface area (Å²) in [5, 5.41) is 1.40. The van der Waals surface area contributed by atoms with Gasteiger partial charge < -0.3 is 9.64 Å². The third-order valence-corrected chi connectivity index (χ3v) is 4.33. The van der Waals surface area contributed by atoms with Crippen molar-refractivity contribution in [3.63, 3.8) is 0 Å². The lowest BCUT2D eigenvalue weighted by atomic mass is 10.3. The van der Waals surface area contributed by atoms with E-state index >= 15 is 0 Å². The minimum absolute atomic E-state index is 0.308. The van der Waals surface area contributed by atoms with Crippen LogP contribution in [0.1, 0.15) is 18.7 Å². The van der Waals surface area contributed by atoms with E-state index in [-0.39, 0.29) is 0 Å². The molecule has 0 unspecified atom stereocenters. The maximum absolute atomic E-state index is 6.04. The normalized spacial score (nSPS) is 11.2. The van der Waals surface area contributed by atoms with Crippen molar-refractivity contribution in [2.45, 2.75) is 20.3 Å². The van der Waals surface area contributed by atoms with Crippen LogP contribution in [-0.4, -0.2) is 36.8 Å². The molecule has 2 rings (SSSR count). The van der Waals surface area contributed by atoms with Gasteiger partial charge in [0.1, 0.15) is 10.6 Å². The summed E-state index contributed by atoms with van der Waals surface area (Å²) in [5.41, 5.74) is 0. The Labute approximate surface area is 122 Å². The van der Waals surface area contributed by atoms with Gasteiger partial charge in [-0.25, -0.2) is 4.98 Å². The number of anilines is 1. The van der Waals surface area contributed by atoms with Crippen LogP contribution in [0.15, 0.2) is 6.07 Å². The Balaban J connectivity index is 2.47. The largest absolute Gasteiger partial charge is 0.383 e. The summed E-state index contributed by atoms with van der Waals surface area (Å²) in [4.78, 5) is 13.2. The van der Waals surface area contributed by atoms with Gasteiger partial charge >= 0.3 is 0 Å². The van der Waals surface area contributed by atoms with Gasteiger partial charge in [0.05, 0.1) is 12.0 Å². The molecule has 0 spiro atoms. The lowest BCUT2D eigenvalue weighted by molar-refractivity contribution is 0.205. The molecule has 6 heteroatoms. The van der Waals surface area contributed by atoms with Crippen LogP contribution in [0.4, 0.5) is 5.82 Å². The molecule has 0 aliphatic heterocycles. The zero-order valence-corrected chi connectivity index (χ0v) is 13.0. The molecule has 0 saturated heterocycles. The van der Waals surface area contributed by atoms with Crippen molar-refractivity contribution in [2.24, 2.45) is 0 Å². The fourth-order valence-electron chi connectivity index (χ4n) is 1.96. The molecular weight excluding hydrogens is 282 g/mol. The van der Waals surface area contributed by atoms with Gasteiger partial charge in [0.2, 0.25) is 5.28 Å². The van der Waals surface area contributed by atoms with Gasteiger partial charge in [-0.3, -0.25) is 0 Å². The Morgan fingerprint density at radius 2 is 2.16 bits per heavy atom. The number of aryl methyl sites for hydroxylation is 1. The van der Waals surface area contributed by atoms with Crippen molar-refractivity contribution in [1.82, 2.24) is 9.97 Å². The Bertz CT molecular complexity index is 558. The summed E-state index contributed by atoms with van der Waals surface area (Å²) >= 11 is 7.72. The highest BCUT2D eigenvalue weighted by atomic mass is 35.5. The van der Waals surface area contributed by atoms with Crippen LogP contribution in [0.2, 0.25) is 5.28 Å². The highest BCUT2D eigenvalue weighted by Crippen LogP contribution is 2.32. The quantitative estimate of drug-likeness (QED) is 0.767. The molecule has 2 aromatic heterocycles. The van der Waals surface area contributed by atoms with E-state index in [9.17, 15) is 0 Å². The van der Waals surface area contributed by atoms with Gasteiger partial charge in [-0.05, 0) is 31.0 Å². The van der Waals surface area contributed by atoms with Gasteiger partial charge in [-0.15, -0.1) is 11.3 Å². The van der Waals surface area contributed by atoms with E-state index in [1.54, 1.807) is 18.4 Å². The van der Waals surface area contributed by atoms with Gasteiger partial charge in [-0.1, -0.05) is 6.92 Å². The lowest BCUT2D eigenvalue weighted by Gasteiger charge is -2.22. The van der Waals surface area contributed by atoms with Crippen LogP contribution in [-0.2, 0) is 11.2 Å². The standard InChI is InChI=1S/C13H18ClN3OS/c1-4-9-8-10-11(17(5-2)6-7-18-3)15-13(14)16-12(10)19-9/h8H,4-7H2,1-3H3. The van der Waals surface area contributed by atoms with E-state index in [4.69, 9.17) is 16.3 Å². The summed E-state index contributed by atoms with van der Waals surface area (Å²) < 4.78 is 5.15. The molecule has 0 aliphatic rings. The number of nitrogens with zero attached hydrogens (tertiary/aromatic N) is 3. The van der Waals surface area contributed by atoms with Gasteiger partial charge in [0.15, 0.2) is 0 Å². The van der Waals surface area contributed by atoms with Crippen LogP contribution < -0.4 is 4.90 Å². The predicted molar refractivity (Wildman–Crippen MR) is 81.6 cm³/mol. The zero-order chi connectivity index (χ0) is 13.8. The number of methoxy groups -OCH3 is 1. The number of fused-ring (bicyclic) bond motifs is 1. The fourth-order valence-corrected chi connectivity index (χ4v) is 3.14. The summed E-state index contributed by atoms with van der Waals surface area (Å²) in [6.45, 7) is 6.57. The van der Waals surface area contributed by atoms with Crippen LogP contribution in [0.25, 0.3) is 10.2 Å². The summed E-state index contributed by atoms with van der Waals surface area (Å²) in [5.74, 6) is 0.908. The smallest absolute Gasteiger partial charge is 0.225 e. The van der Waals surface area contributed by atoms with Gasteiger partial charge in [0, 0.05) is 25.1 Å². The first-order valence-corrected chi connectivity index (χ1v) is 7.58. The Morgan fingerprint density at radius 3 is 2.79 bits per heavy atom. The molecule has 0 saturated carbocycles. The molecule has 19 heavy (non-hydrogen) atoms. The molecule has 0 fully saturated rings. The second kappa shape index (κ2) is 6.50. The number of rotatable bonds is 6. The molecular formula is C13H18ClN3OS. The second-order valence-corrected chi connectivity index (χ2v) is 5.63. The topological polar surface area (TPSA) is 38.2 Å². The molecule has 0 amide bonds. The van der Waals surface area contributed by atoms with Gasteiger partial charge in [-0.2, -0.15) is 4.98 Å². The highest BCUT2D eigenvalue weighted by Gasteiger charge is 2.15. The fraction of sp³-hybridized carbons (Fsp3) is 0.538. The Kier molecular flexibility index (Phi) is 4.96. The van der Waals surface area contributed by atoms with Crippen molar-refractivity contribution < 1.29 is 4.74 Å². The number of hydrogen-bond donors (Lipinski definition) is 0. The average Bonchev–Trinajstić information content (AvgIpc) is 2.82. The van der Waals surface area contributed by atoms with Crippen LogP contribution in [0.3, 0.4) is 0 Å². The number of hydrogen-bond acceptors (Lipinski definition) is 5. The average molecular weight is 300 g/mol. The van der Waals surface area contributed by atoms with E-state index in [0.717, 1.165) is 35.5 Å². The van der Waals surface area contributed by atoms with Gasteiger partial charge in [0.25, 0.3) is 0 Å². The molecule has 0 aliphatic carbocycles. The van der Waals surface area contributed by atoms with E-state index in [1.165, 1.54) is 4.88 Å². The predicted octanol–water partition coefficient (Wildman–Crippen LogP) is 3.38.